The highest BCUT2D eigenvalue weighted by Gasteiger charge is 2.56. The van der Waals surface area contributed by atoms with E-state index in [9.17, 15) is 4.79 Å². The predicted octanol–water partition coefficient (Wildman–Crippen LogP) is 2.85. The summed E-state index contributed by atoms with van der Waals surface area (Å²) in [5.41, 5.74) is 1.10. The summed E-state index contributed by atoms with van der Waals surface area (Å²) in [6, 6.07) is 10.5. The Bertz CT molecular complexity index is 853. The Hall–Kier alpha value is -2.41. The Morgan fingerprint density at radius 2 is 1.90 bits per heavy atom. The van der Waals surface area contributed by atoms with E-state index in [1.165, 1.54) is 19.3 Å². The quantitative estimate of drug-likeness (QED) is 0.839. The number of H-pyrrole nitrogens is 1. The molecule has 1 aromatic carbocycles. The molecule has 2 aromatic rings. The van der Waals surface area contributed by atoms with E-state index in [0.717, 1.165) is 56.2 Å². The third-order valence-electron chi connectivity index (χ3n) is 6.91. The first-order chi connectivity index (χ1) is 14.1. The zero-order valence-electron chi connectivity index (χ0n) is 17.1. The number of nitrogens with zero attached hydrogens (tertiary/aromatic N) is 4. The molecule has 2 amide bonds. The number of hydrogen-bond acceptors (Lipinski definition) is 4. The zero-order chi connectivity index (χ0) is 19.8. The fourth-order valence-electron chi connectivity index (χ4n) is 5.43. The minimum atomic E-state index is 0.0755. The third-order valence-corrected chi connectivity index (χ3v) is 6.91. The molecule has 1 aromatic heterocycles. The van der Waals surface area contributed by atoms with Gasteiger partial charge in [-0.05, 0) is 19.9 Å². The van der Waals surface area contributed by atoms with E-state index < -0.39 is 0 Å². The fraction of sp³-hybridized carbons (Fsp3) is 0.591. The van der Waals surface area contributed by atoms with Gasteiger partial charge in [-0.15, -0.1) is 0 Å². The first-order valence-electron chi connectivity index (χ1n) is 10.8. The molecule has 2 aliphatic heterocycles. The normalized spacial score (nSPS) is 24.6. The van der Waals surface area contributed by atoms with E-state index in [1.807, 2.05) is 35.2 Å². The highest BCUT2D eigenvalue weighted by Crippen LogP contribution is 2.48. The lowest BCUT2D eigenvalue weighted by Crippen LogP contribution is -2.64. The van der Waals surface area contributed by atoms with Crippen LogP contribution in [0.15, 0.2) is 30.3 Å². The van der Waals surface area contributed by atoms with Gasteiger partial charge in [0.2, 0.25) is 0 Å². The van der Waals surface area contributed by atoms with Gasteiger partial charge in [0.15, 0.2) is 5.82 Å². The lowest BCUT2D eigenvalue weighted by molar-refractivity contribution is 0.0254. The molecule has 7 heteroatoms. The molecule has 1 spiro atoms. The van der Waals surface area contributed by atoms with Crippen molar-refractivity contribution in [2.45, 2.75) is 44.1 Å². The lowest BCUT2D eigenvalue weighted by atomic mass is 9.71. The molecule has 2 N–H and O–H groups in total. The molecule has 2 saturated heterocycles. The molecule has 1 saturated carbocycles. The van der Waals surface area contributed by atoms with E-state index in [-0.39, 0.29) is 17.4 Å². The predicted molar refractivity (Wildman–Crippen MR) is 111 cm³/mol. The average molecular weight is 395 g/mol. The number of carbonyl (C=O) groups is 1. The van der Waals surface area contributed by atoms with Gasteiger partial charge in [-0.3, -0.25) is 5.10 Å². The minimum Gasteiger partial charge on any atom is -0.335 e. The molecule has 0 radical (unpaired) electrons. The highest BCUT2D eigenvalue weighted by atomic mass is 16.2. The SMILES string of the molecule is CN1CC(c2nc(-c3ccccc3)n[nH]2)C2(C1)CN(C(=O)NC1CCCCC1)C2. The van der Waals surface area contributed by atoms with Gasteiger partial charge in [-0.1, -0.05) is 49.6 Å². The van der Waals surface area contributed by atoms with E-state index in [4.69, 9.17) is 4.98 Å². The van der Waals surface area contributed by atoms with Crippen LogP contribution in [0.3, 0.4) is 0 Å². The number of rotatable bonds is 3. The number of hydrogen-bond donors (Lipinski definition) is 2. The first-order valence-corrected chi connectivity index (χ1v) is 10.8. The van der Waals surface area contributed by atoms with Crippen molar-refractivity contribution in [3.63, 3.8) is 0 Å². The largest absolute Gasteiger partial charge is 0.335 e. The van der Waals surface area contributed by atoms with Crippen LogP contribution in [0.1, 0.15) is 43.8 Å². The van der Waals surface area contributed by atoms with Gasteiger partial charge in [-0.2, -0.15) is 5.10 Å². The zero-order valence-corrected chi connectivity index (χ0v) is 17.1. The van der Waals surface area contributed by atoms with Gasteiger partial charge in [0, 0.05) is 49.1 Å². The Morgan fingerprint density at radius 1 is 1.14 bits per heavy atom. The number of amides is 2. The van der Waals surface area contributed by atoms with Crippen LogP contribution >= 0.6 is 0 Å². The van der Waals surface area contributed by atoms with Crippen molar-refractivity contribution < 1.29 is 4.79 Å². The molecular formula is C22H30N6O. The van der Waals surface area contributed by atoms with Crippen molar-refractivity contribution in [3.05, 3.63) is 36.2 Å². The fourth-order valence-corrected chi connectivity index (χ4v) is 5.43. The molecule has 3 aliphatic rings. The number of nitrogens with one attached hydrogen (secondary N) is 2. The summed E-state index contributed by atoms with van der Waals surface area (Å²) in [6.45, 7) is 3.53. The monoisotopic (exact) mass is 394 g/mol. The van der Waals surface area contributed by atoms with Gasteiger partial charge in [-0.25, -0.2) is 9.78 Å². The summed E-state index contributed by atoms with van der Waals surface area (Å²) in [5, 5.41) is 10.9. The number of aromatic nitrogens is 3. The van der Waals surface area contributed by atoms with Gasteiger partial charge in [0.1, 0.15) is 5.82 Å². The maximum Gasteiger partial charge on any atom is 0.317 e. The van der Waals surface area contributed by atoms with Gasteiger partial charge in [0.25, 0.3) is 0 Å². The Labute approximate surface area is 171 Å². The maximum absolute atomic E-state index is 12.7. The number of carbonyl (C=O) groups excluding carboxylic acids is 1. The summed E-state index contributed by atoms with van der Waals surface area (Å²) in [7, 11) is 2.15. The van der Waals surface area contributed by atoms with Crippen molar-refractivity contribution in [1.82, 2.24) is 30.3 Å². The molecule has 29 heavy (non-hydrogen) atoms. The Morgan fingerprint density at radius 3 is 2.66 bits per heavy atom. The second kappa shape index (κ2) is 7.44. The van der Waals surface area contributed by atoms with Crippen molar-refractivity contribution >= 4 is 6.03 Å². The minimum absolute atomic E-state index is 0.0755. The highest BCUT2D eigenvalue weighted by molar-refractivity contribution is 5.75. The Kier molecular flexibility index (Phi) is 4.78. The second-order valence-electron chi connectivity index (χ2n) is 9.16. The summed E-state index contributed by atoms with van der Waals surface area (Å²) in [5.74, 6) is 1.97. The van der Waals surface area contributed by atoms with Crippen LogP contribution in [0.25, 0.3) is 11.4 Å². The van der Waals surface area contributed by atoms with Crippen molar-refractivity contribution in [2.24, 2.45) is 5.41 Å². The van der Waals surface area contributed by atoms with E-state index in [0.29, 0.717) is 6.04 Å². The molecule has 0 bridgehead atoms. The van der Waals surface area contributed by atoms with Crippen molar-refractivity contribution in [1.29, 1.82) is 0 Å². The summed E-state index contributed by atoms with van der Waals surface area (Å²) in [4.78, 5) is 21.9. The molecule has 3 fully saturated rings. The summed E-state index contributed by atoms with van der Waals surface area (Å²) < 4.78 is 0. The Balaban J connectivity index is 1.27. The van der Waals surface area contributed by atoms with Crippen molar-refractivity contribution in [2.75, 3.05) is 33.2 Å². The van der Waals surface area contributed by atoms with Gasteiger partial charge in [0.05, 0.1) is 0 Å². The van der Waals surface area contributed by atoms with Crippen molar-refractivity contribution in [3.8, 4) is 11.4 Å². The smallest absolute Gasteiger partial charge is 0.317 e. The van der Waals surface area contributed by atoms with Crippen LogP contribution in [-0.2, 0) is 0 Å². The van der Waals surface area contributed by atoms with E-state index in [2.05, 4.69) is 27.5 Å². The van der Waals surface area contributed by atoms with Crippen LogP contribution < -0.4 is 5.32 Å². The number of aromatic amines is 1. The topological polar surface area (TPSA) is 77.2 Å². The van der Waals surface area contributed by atoms with Crippen LogP contribution in [0.4, 0.5) is 4.79 Å². The molecule has 5 rings (SSSR count). The van der Waals surface area contributed by atoms with Gasteiger partial charge >= 0.3 is 6.03 Å². The molecule has 1 unspecified atom stereocenters. The second-order valence-corrected chi connectivity index (χ2v) is 9.16. The van der Waals surface area contributed by atoms with E-state index in [1.54, 1.807) is 0 Å². The lowest BCUT2D eigenvalue weighted by Gasteiger charge is -2.50. The van der Waals surface area contributed by atoms with Crippen LogP contribution in [0.2, 0.25) is 0 Å². The molecule has 154 valence electrons. The van der Waals surface area contributed by atoms with E-state index >= 15 is 0 Å². The number of likely N-dealkylation sites (N-methyl/N-ethyl adjacent to an activating group) is 1. The number of urea groups is 1. The molecular weight excluding hydrogens is 364 g/mol. The van der Waals surface area contributed by atoms with Crippen LogP contribution in [0.5, 0.6) is 0 Å². The van der Waals surface area contributed by atoms with Crippen LogP contribution in [-0.4, -0.2) is 70.3 Å². The number of likely N-dealkylation sites (tertiary alicyclic amines) is 2. The number of benzene rings is 1. The third kappa shape index (κ3) is 3.52. The molecule has 3 heterocycles. The standard InChI is InChI=1S/C22H30N6O/c1-27-12-18(20-24-19(25-26-20)16-8-4-2-5-9-16)22(13-27)14-28(15-22)21(29)23-17-10-6-3-7-11-17/h2,4-5,8-9,17-18H,3,6-7,10-15H2,1H3,(H,23,29)(H,24,25,26). The van der Waals surface area contributed by atoms with Gasteiger partial charge < -0.3 is 15.1 Å². The summed E-state index contributed by atoms with van der Waals surface area (Å²) in [6.07, 6.45) is 6.01. The van der Waals surface area contributed by atoms with Crippen LogP contribution in [0, 0.1) is 5.41 Å². The maximum atomic E-state index is 12.7. The molecule has 1 atom stereocenters. The first kappa shape index (κ1) is 18.6. The average Bonchev–Trinajstić information content (AvgIpc) is 3.33. The summed E-state index contributed by atoms with van der Waals surface area (Å²) >= 11 is 0. The molecule has 7 nitrogen and oxygen atoms in total. The molecule has 1 aliphatic carbocycles.